The molecule has 0 aliphatic heterocycles. The quantitative estimate of drug-likeness (QED) is 0.842. The number of hydrogen-bond acceptors (Lipinski definition) is 3. The maximum atomic E-state index is 5.38. The first-order valence-electron chi connectivity index (χ1n) is 6.70. The van der Waals surface area contributed by atoms with Gasteiger partial charge in [-0.05, 0) is 37.6 Å². The Morgan fingerprint density at radius 2 is 1.95 bits per heavy atom. The molecule has 3 nitrogen and oxygen atoms in total. The zero-order valence-electron chi connectivity index (χ0n) is 12.6. The summed E-state index contributed by atoms with van der Waals surface area (Å²) in [6, 6.07) is 6.06. The van der Waals surface area contributed by atoms with E-state index in [0.29, 0.717) is 10.6 Å². The summed E-state index contributed by atoms with van der Waals surface area (Å²) in [6.45, 7) is 8.29. The van der Waals surface area contributed by atoms with E-state index in [-0.39, 0.29) is 0 Å². The zero-order valence-corrected chi connectivity index (χ0v) is 13.4. The van der Waals surface area contributed by atoms with Crippen LogP contribution in [-0.4, -0.2) is 17.1 Å². The molecular weight excluding hydrogens is 268 g/mol. The van der Waals surface area contributed by atoms with Crippen molar-refractivity contribution in [3.63, 3.8) is 0 Å². The highest BCUT2D eigenvalue weighted by Crippen LogP contribution is 2.29. The molecule has 0 saturated heterocycles. The third-order valence-electron chi connectivity index (χ3n) is 3.42. The maximum Gasteiger partial charge on any atom is 0.133 e. The monoisotopic (exact) mass is 288 g/mol. The van der Waals surface area contributed by atoms with E-state index in [4.69, 9.17) is 17.0 Å². The van der Waals surface area contributed by atoms with Gasteiger partial charge in [0.2, 0.25) is 0 Å². The van der Waals surface area contributed by atoms with Gasteiger partial charge in [0.15, 0.2) is 0 Å². The van der Waals surface area contributed by atoms with Gasteiger partial charge in [-0.1, -0.05) is 26.1 Å². The van der Waals surface area contributed by atoms with E-state index in [2.05, 4.69) is 36.8 Å². The van der Waals surface area contributed by atoms with Crippen molar-refractivity contribution >= 4 is 12.2 Å². The molecule has 1 N–H and O–H groups in total. The number of hydrogen-bond donors (Lipinski definition) is 1. The molecule has 0 unspecified atom stereocenters. The number of H-pyrrole nitrogens is 1. The number of benzene rings is 1. The molecule has 1 aromatic carbocycles. The van der Waals surface area contributed by atoms with E-state index in [1.807, 2.05) is 19.1 Å². The average molecular weight is 288 g/mol. The fourth-order valence-corrected chi connectivity index (χ4v) is 2.34. The Kier molecular flexibility index (Phi) is 4.23. The number of aromatic nitrogens is 2. The van der Waals surface area contributed by atoms with Crippen molar-refractivity contribution in [2.75, 3.05) is 7.11 Å². The lowest BCUT2D eigenvalue weighted by Gasteiger charge is -2.14. The van der Waals surface area contributed by atoms with E-state index in [1.54, 1.807) is 7.11 Å². The first-order valence-corrected chi connectivity index (χ1v) is 7.10. The van der Waals surface area contributed by atoms with Crippen LogP contribution in [0.1, 0.15) is 36.7 Å². The minimum absolute atomic E-state index is 0.314. The minimum Gasteiger partial charge on any atom is -0.497 e. The van der Waals surface area contributed by atoms with E-state index in [0.717, 1.165) is 34.0 Å². The number of nitrogens with zero attached hydrogens (tertiary/aromatic N) is 1. The van der Waals surface area contributed by atoms with Gasteiger partial charge in [-0.25, -0.2) is 4.98 Å². The largest absolute Gasteiger partial charge is 0.497 e. The van der Waals surface area contributed by atoms with E-state index in [1.165, 1.54) is 0 Å². The number of ether oxygens (including phenoxy) is 1. The normalized spacial score (nSPS) is 10.9. The first-order chi connectivity index (χ1) is 9.43. The SMILES string of the molecule is COc1ccc(-c2[nH]c(C(C)C)nc(=S)c2C)c(C)c1. The Bertz CT molecular complexity index is 689. The van der Waals surface area contributed by atoms with Gasteiger partial charge >= 0.3 is 0 Å². The van der Waals surface area contributed by atoms with Gasteiger partial charge in [0.05, 0.1) is 12.8 Å². The second-order valence-electron chi connectivity index (χ2n) is 5.26. The van der Waals surface area contributed by atoms with Crippen molar-refractivity contribution < 1.29 is 4.74 Å². The third kappa shape index (κ3) is 2.75. The molecule has 2 rings (SSSR count). The summed E-state index contributed by atoms with van der Waals surface area (Å²) in [5.74, 6) is 2.10. The number of aromatic amines is 1. The molecule has 4 heteroatoms. The van der Waals surface area contributed by atoms with Crippen LogP contribution in [0.25, 0.3) is 11.3 Å². The molecule has 20 heavy (non-hydrogen) atoms. The molecular formula is C16H20N2OS. The topological polar surface area (TPSA) is 37.9 Å². The van der Waals surface area contributed by atoms with Crippen molar-refractivity contribution in [3.05, 3.63) is 39.8 Å². The highest BCUT2D eigenvalue weighted by atomic mass is 32.1. The minimum atomic E-state index is 0.314. The Hall–Kier alpha value is -1.68. The summed E-state index contributed by atoms with van der Waals surface area (Å²) in [4.78, 5) is 7.89. The molecule has 0 aliphatic carbocycles. The van der Waals surface area contributed by atoms with Crippen molar-refractivity contribution in [2.24, 2.45) is 0 Å². The number of nitrogens with one attached hydrogen (secondary N) is 1. The Balaban J connectivity index is 2.66. The summed E-state index contributed by atoms with van der Waals surface area (Å²) >= 11 is 5.38. The first kappa shape index (κ1) is 14.7. The highest BCUT2D eigenvalue weighted by Gasteiger charge is 2.12. The van der Waals surface area contributed by atoms with Gasteiger partial charge in [-0.15, -0.1) is 0 Å². The van der Waals surface area contributed by atoms with Gasteiger partial charge in [0.1, 0.15) is 16.2 Å². The number of methoxy groups -OCH3 is 1. The van der Waals surface area contributed by atoms with Crippen LogP contribution in [0.3, 0.4) is 0 Å². The number of aryl methyl sites for hydroxylation is 1. The Labute approximate surface area is 125 Å². The summed E-state index contributed by atoms with van der Waals surface area (Å²) in [6.07, 6.45) is 0. The molecule has 0 saturated carbocycles. The molecule has 106 valence electrons. The highest BCUT2D eigenvalue weighted by molar-refractivity contribution is 7.71. The van der Waals surface area contributed by atoms with Crippen LogP contribution in [0.2, 0.25) is 0 Å². The number of rotatable bonds is 3. The van der Waals surface area contributed by atoms with E-state index >= 15 is 0 Å². The van der Waals surface area contributed by atoms with Crippen LogP contribution in [0.4, 0.5) is 0 Å². The van der Waals surface area contributed by atoms with Gasteiger partial charge < -0.3 is 9.72 Å². The zero-order chi connectivity index (χ0) is 14.9. The average Bonchev–Trinajstić information content (AvgIpc) is 2.41. The lowest BCUT2D eigenvalue weighted by molar-refractivity contribution is 0.414. The third-order valence-corrected chi connectivity index (χ3v) is 3.82. The van der Waals surface area contributed by atoms with E-state index in [9.17, 15) is 0 Å². The van der Waals surface area contributed by atoms with Crippen molar-refractivity contribution in [1.82, 2.24) is 9.97 Å². The summed E-state index contributed by atoms with van der Waals surface area (Å²) < 4.78 is 5.92. The molecule has 0 radical (unpaired) electrons. The molecule has 0 spiro atoms. The molecule has 0 fully saturated rings. The van der Waals surface area contributed by atoms with Gasteiger partial charge in [0.25, 0.3) is 0 Å². The van der Waals surface area contributed by atoms with Crippen LogP contribution in [-0.2, 0) is 0 Å². The summed E-state index contributed by atoms with van der Waals surface area (Å²) in [7, 11) is 1.68. The molecule has 2 aromatic rings. The standard InChI is InChI=1S/C16H20N2OS/c1-9(2)15-17-14(11(4)16(20)18-15)13-7-6-12(19-5)8-10(13)3/h6-9H,1-5H3,(H,17,18,20). The Morgan fingerprint density at radius 1 is 1.25 bits per heavy atom. The summed E-state index contributed by atoms with van der Waals surface area (Å²) in [5.41, 5.74) is 4.35. The fourth-order valence-electron chi connectivity index (χ4n) is 2.14. The molecule has 0 amide bonds. The molecule has 0 atom stereocenters. The second kappa shape index (κ2) is 5.75. The maximum absolute atomic E-state index is 5.38. The van der Waals surface area contributed by atoms with Crippen molar-refractivity contribution in [1.29, 1.82) is 0 Å². The van der Waals surface area contributed by atoms with Crippen LogP contribution in [0, 0.1) is 18.5 Å². The predicted octanol–water partition coefficient (Wildman–Crippen LogP) is 4.56. The predicted molar refractivity (Wildman–Crippen MR) is 85.0 cm³/mol. The van der Waals surface area contributed by atoms with Crippen LogP contribution in [0.5, 0.6) is 5.75 Å². The van der Waals surface area contributed by atoms with Gasteiger partial charge in [-0.3, -0.25) is 0 Å². The molecule has 0 aliphatic rings. The Morgan fingerprint density at radius 3 is 2.50 bits per heavy atom. The lowest BCUT2D eigenvalue weighted by Crippen LogP contribution is -2.03. The molecule has 1 aromatic heterocycles. The van der Waals surface area contributed by atoms with Gasteiger partial charge in [-0.2, -0.15) is 0 Å². The lowest BCUT2D eigenvalue weighted by atomic mass is 10.0. The van der Waals surface area contributed by atoms with E-state index < -0.39 is 0 Å². The van der Waals surface area contributed by atoms with Crippen LogP contribution >= 0.6 is 12.2 Å². The van der Waals surface area contributed by atoms with Gasteiger partial charge in [0, 0.05) is 17.0 Å². The fraction of sp³-hybridized carbons (Fsp3) is 0.375. The molecule has 0 bridgehead atoms. The second-order valence-corrected chi connectivity index (χ2v) is 5.65. The van der Waals surface area contributed by atoms with Crippen LogP contribution < -0.4 is 4.74 Å². The van der Waals surface area contributed by atoms with Crippen LogP contribution in [0.15, 0.2) is 18.2 Å². The molecule has 1 heterocycles. The van der Waals surface area contributed by atoms with Crippen molar-refractivity contribution in [2.45, 2.75) is 33.6 Å². The summed E-state index contributed by atoms with van der Waals surface area (Å²) in [5, 5.41) is 0. The smallest absolute Gasteiger partial charge is 0.133 e. The van der Waals surface area contributed by atoms with Crippen molar-refractivity contribution in [3.8, 4) is 17.0 Å².